The van der Waals surface area contributed by atoms with E-state index < -0.39 is 0 Å². The van der Waals surface area contributed by atoms with E-state index in [-0.39, 0.29) is 5.91 Å². The van der Waals surface area contributed by atoms with Gasteiger partial charge in [-0.2, -0.15) is 0 Å². The molecular weight excluding hydrogens is 398 g/mol. The number of hydrogen-bond acceptors (Lipinski definition) is 4. The van der Waals surface area contributed by atoms with Crippen molar-refractivity contribution in [3.05, 3.63) is 101 Å². The maximum atomic E-state index is 13.4. The van der Waals surface area contributed by atoms with Crippen molar-refractivity contribution in [2.75, 3.05) is 10.2 Å². The van der Waals surface area contributed by atoms with E-state index in [1.807, 2.05) is 79.0 Å². The zero-order chi connectivity index (χ0) is 20.5. The smallest absolute Gasteiger partial charge is 0.260 e. The van der Waals surface area contributed by atoms with Crippen LogP contribution in [0.1, 0.15) is 21.6 Å². The molecule has 1 aromatic heterocycles. The monoisotopic (exact) mass is 415 g/mol. The molecule has 148 valence electrons. The first-order valence-corrected chi connectivity index (χ1v) is 9.95. The Morgan fingerprint density at radius 3 is 2.43 bits per heavy atom. The molecule has 1 N–H and O–H groups in total. The molecule has 4 aromatic rings. The molecule has 0 unspecified atom stereocenters. The van der Waals surface area contributed by atoms with Gasteiger partial charge in [0.1, 0.15) is 5.69 Å². The molecule has 0 saturated carbocycles. The number of halogens is 1. The molecule has 1 amide bonds. The molecule has 0 bridgehead atoms. The molecule has 6 nitrogen and oxygen atoms in total. The molecule has 5 rings (SSSR count). The molecular formula is C23H18ClN5O. The summed E-state index contributed by atoms with van der Waals surface area (Å²) in [6, 6.07) is 22.9. The van der Waals surface area contributed by atoms with Crippen LogP contribution in [-0.2, 0) is 13.1 Å². The third-order valence-corrected chi connectivity index (χ3v) is 5.28. The van der Waals surface area contributed by atoms with Crippen LogP contribution in [0.5, 0.6) is 0 Å². The fourth-order valence-corrected chi connectivity index (χ4v) is 3.70. The van der Waals surface area contributed by atoms with Gasteiger partial charge in [0, 0.05) is 5.02 Å². The first-order valence-electron chi connectivity index (χ1n) is 9.58. The van der Waals surface area contributed by atoms with Crippen molar-refractivity contribution in [1.29, 1.82) is 0 Å². The fraction of sp³-hybridized carbons (Fsp3) is 0.0870. The van der Waals surface area contributed by atoms with Gasteiger partial charge in [-0.05, 0) is 42.0 Å². The molecule has 2 heterocycles. The van der Waals surface area contributed by atoms with Crippen LogP contribution >= 0.6 is 11.6 Å². The predicted molar refractivity (Wildman–Crippen MR) is 117 cm³/mol. The van der Waals surface area contributed by atoms with Crippen LogP contribution in [0.25, 0.3) is 0 Å². The summed E-state index contributed by atoms with van der Waals surface area (Å²) >= 11 is 5.95. The van der Waals surface area contributed by atoms with Gasteiger partial charge in [-0.15, -0.1) is 5.10 Å². The molecule has 1 aliphatic rings. The van der Waals surface area contributed by atoms with Crippen LogP contribution in [0.2, 0.25) is 5.02 Å². The number of fused-ring (bicyclic) bond motifs is 2. The minimum absolute atomic E-state index is 0.0738. The summed E-state index contributed by atoms with van der Waals surface area (Å²) in [5.41, 5.74) is 4.90. The van der Waals surface area contributed by atoms with E-state index in [0.29, 0.717) is 29.4 Å². The number of aromatic nitrogens is 3. The first kappa shape index (κ1) is 18.4. The second-order valence-corrected chi connectivity index (χ2v) is 7.55. The number of benzene rings is 3. The van der Waals surface area contributed by atoms with E-state index in [4.69, 9.17) is 11.6 Å². The van der Waals surface area contributed by atoms with Crippen molar-refractivity contribution >= 4 is 34.6 Å². The number of nitrogens with zero attached hydrogens (tertiary/aromatic N) is 4. The van der Waals surface area contributed by atoms with Gasteiger partial charge in [0.2, 0.25) is 0 Å². The van der Waals surface area contributed by atoms with Gasteiger partial charge in [-0.1, -0.05) is 53.2 Å². The topological polar surface area (TPSA) is 63.1 Å². The Morgan fingerprint density at radius 2 is 1.60 bits per heavy atom. The Hall–Kier alpha value is -3.64. The lowest BCUT2D eigenvalue weighted by atomic mass is 10.1. The zero-order valence-corrected chi connectivity index (χ0v) is 16.8. The van der Waals surface area contributed by atoms with Crippen LogP contribution in [0, 0.1) is 0 Å². The lowest BCUT2D eigenvalue weighted by molar-refractivity contribution is 0.0986. The first-order chi connectivity index (χ1) is 14.7. The van der Waals surface area contributed by atoms with Crippen LogP contribution < -0.4 is 10.2 Å². The van der Waals surface area contributed by atoms with Gasteiger partial charge in [-0.25, -0.2) is 4.68 Å². The predicted octanol–water partition coefficient (Wildman–Crippen LogP) is 4.88. The van der Waals surface area contributed by atoms with Crippen LogP contribution in [-0.4, -0.2) is 20.9 Å². The number of carbonyl (C=O) groups is 1. The van der Waals surface area contributed by atoms with E-state index in [9.17, 15) is 4.79 Å². The highest BCUT2D eigenvalue weighted by molar-refractivity contribution is 6.30. The van der Waals surface area contributed by atoms with Crippen molar-refractivity contribution in [2.45, 2.75) is 13.1 Å². The van der Waals surface area contributed by atoms with E-state index in [0.717, 1.165) is 22.6 Å². The second-order valence-electron chi connectivity index (χ2n) is 7.11. The van der Waals surface area contributed by atoms with E-state index in [1.165, 1.54) is 0 Å². The van der Waals surface area contributed by atoms with Crippen molar-refractivity contribution in [3.63, 3.8) is 0 Å². The number of nitrogens with one attached hydrogen (secondary N) is 1. The molecule has 0 atom stereocenters. The average Bonchev–Trinajstić information content (AvgIpc) is 3.16. The summed E-state index contributed by atoms with van der Waals surface area (Å²) in [7, 11) is 0. The second kappa shape index (κ2) is 7.65. The number of para-hydroxylation sites is 3. The van der Waals surface area contributed by atoms with Gasteiger partial charge in [0.15, 0.2) is 0 Å². The largest absolute Gasteiger partial charge is 0.353 e. The number of hydrogen-bond donors (Lipinski definition) is 1. The van der Waals surface area contributed by atoms with Gasteiger partial charge in [0.25, 0.3) is 5.91 Å². The van der Waals surface area contributed by atoms with E-state index in [1.54, 1.807) is 9.58 Å². The average molecular weight is 416 g/mol. The Balaban J connectivity index is 1.44. The lowest BCUT2D eigenvalue weighted by Gasteiger charge is -2.21. The maximum Gasteiger partial charge on any atom is 0.260 e. The summed E-state index contributed by atoms with van der Waals surface area (Å²) in [6.45, 7) is 0.908. The van der Waals surface area contributed by atoms with Gasteiger partial charge in [0.05, 0.1) is 41.9 Å². The molecule has 3 aromatic carbocycles. The molecule has 0 aliphatic carbocycles. The quantitative estimate of drug-likeness (QED) is 0.515. The zero-order valence-electron chi connectivity index (χ0n) is 16.0. The SMILES string of the molecule is O=C1c2ccccc2Nc2ccccc2N1Cc1cn(Cc2ccc(Cl)cc2)nn1. The Bertz CT molecular complexity index is 1220. The normalized spacial score (nSPS) is 12.7. The molecule has 30 heavy (non-hydrogen) atoms. The van der Waals surface area contributed by atoms with Gasteiger partial charge >= 0.3 is 0 Å². The van der Waals surface area contributed by atoms with Crippen LogP contribution in [0.15, 0.2) is 79.0 Å². The summed E-state index contributed by atoms with van der Waals surface area (Å²) in [5, 5.41) is 12.6. The van der Waals surface area contributed by atoms with Crippen LogP contribution in [0.3, 0.4) is 0 Å². The number of carbonyl (C=O) groups excluding carboxylic acids is 1. The van der Waals surface area contributed by atoms with E-state index in [2.05, 4.69) is 15.6 Å². The highest BCUT2D eigenvalue weighted by Crippen LogP contribution is 2.36. The Labute approximate surface area is 178 Å². The molecule has 0 radical (unpaired) electrons. The maximum absolute atomic E-state index is 13.4. The standard InChI is InChI=1S/C23H18ClN5O/c24-17-11-9-16(10-12-17)13-28-14-18(26-27-28)15-29-22-8-4-3-7-21(22)25-20-6-2-1-5-19(20)23(29)30/h1-12,14,25H,13,15H2. The molecule has 7 heteroatoms. The molecule has 1 aliphatic heterocycles. The fourth-order valence-electron chi connectivity index (χ4n) is 3.58. The summed E-state index contributed by atoms with van der Waals surface area (Å²) in [4.78, 5) is 15.1. The van der Waals surface area contributed by atoms with Crippen molar-refractivity contribution in [2.24, 2.45) is 0 Å². The van der Waals surface area contributed by atoms with Crippen molar-refractivity contribution < 1.29 is 4.79 Å². The van der Waals surface area contributed by atoms with Crippen molar-refractivity contribution in [3.8, 4) is 0 Å². The summed E-state index contributed by atoms with van der Waals surface area (Å²) in [6.07, 6.45) is 1.87. The Morgan fingerprint density at radius 1 is 0.867 bits per heavy atom. The summed E-state index contributed by atoms with van der Waals surface area (Å²) < 4.78 is 1.76. The van der Waals surface area contributed by atoms with E-state index >= 15 is 0 Å². The highest BCUT2D eigenvalue weighted by atomic mass is 35.5. The van der Waals surface area contributed by atoms with Gasteiger partial charge in [-0.3, -0.25) is 4.79 Å². The van der Waals surface area contributed by atoms with Crippen LogP contribution in [0.4, 0.5) is 17.1 Å². The van der Waals surface area contributed by atoms with Crippen molar-refractivity contribution in [1.82, 2.24) is 15.0 Å². The third-order valence-electron chi connectivity index (χ3n) is 5.03. The third kappa shape index (κ3) is 3.53. The molecule has 0 fully saturated rings. The summed E-state index contributed by atoms with van der Waals surface area (Å²) in [5.74, 6) is -0.0738. The molecule has 0 saturated heterocycles. The van der Waals surface area contributed by atoms with Gasteiger partial charge < -0.3 is 10.2 Å². The lowest BCUT2D eigenvalue weighted by Crippen LogP contribution is -2.30. The number of anilines is 3. The number of amides is 1. The Kier molecular flexibility index (Phi) is 4.69. The minimum Gasteiger partial charge on any atom is -0.353 e. The minimum atomic E-state index is -0.0738. The molecule has 0 spiro atoms. The number of rotatable bonds is 4. The highest BCUT2D eigenvalue weighted by Gasteiger charge is 2.27.